The van der Waals surface area contributed by atoms with Crippen LogP contribution >= 0.6 is 27.3 Å². The Labute approximate surface area is 131 Å². The van der Waals surface area contributed by atoms with Gasteiger partial charge in [0.15, 0.2) is 0 Å². The number of nitrogens with zero attached hydrogens (tertiary/aromatic N) is 3. The van der Waals surface area contributed by atoms with Crippen molar-refractivity contribution in [3.63, 3.8) is 0 Å². The van der Waals surface area contributed by atoms with E-state index in [1.165, 1.54) is 12.8 Å². The topological polar surface area (TPSA) is 50.7 Å². The van der Waals surface area contributed by atoms with Crippen LogP contribution in [0.15, 0.2) is 9.85 Å². The maximum atomic E-state index is 4.75. The molecule has 0 aliphatic heterocycles. The molecule has 0 amide bonds. The van der Waals surface area contributed by atoms with Gasteiger partial charge >= 0.3 is 0 Å². The summed E-state index contributed by atoms with van der Waals surface area (Å²) < 4.78 is 1.03. The molecule has 6 heteroatoms. The highest BCUT2D eigenvalue weighted by molar-refractivity contribution is 9.10. The minimum atomic E-state index is 0.598. The van der Waals surface area contributed by atoms with E-state index in [1.54, 1.807) is 11.3 Å². The van der Waals surface area contributed by atoms with E-state index < -0.39 is 0 Å². The van der Waals surface area contributed by atoms with Crippen LogP contribution in [-0.2, 0) is 6.42 Å². The molecule has 20 heavy (non-hydrogen) atoms. The molecular weight excluding hydrogens is 336 g/mol. The van der Waals surface area contributed by atoms with Gasteiger partial charge in [-0.2, -0.15) is 0 Å². The van der Waals surface area contributed by atoms with E-state index in [-0.39, 0.29) is 0 Å². The monoisotopic (exact) mass is 352 g/mol. The van der Waals surface area contributed by atoms with Crippen LogP contribution in [0.1, 0.15) is 47.9 Å². The number of rotatable bonds is 5. The van der Waals surface area contributed by atoms with Gasteiger partial charge in [-0.25, -0.2) is 15.0 Å². The van der Waals surface area contributed by atoms with E-state index >= 15 is 0 Å². The minimum absolute atomic E-state index is 0.598. The molecule has 4 nitrogen and oxygen atoms in total. The maximum absolute atomic E-state index is 4.75. The Bertz CT molecular complexity index is 622. The van der Waals surface area contributed by atoms with Crippen molar-refractivity contribution in [3.05, 3.63) is 32.1 Å². The van der Waals surface area contributed by atoms with Crippen molar-refractivity contribution < 1.29 is 0 Å². The van der Waals surface area contributed by atoms with Crippen LogP contribution in [0.5, 0.6) is 0 Å². The SMILES string of the molecule is CCNc1nc(Cc2csc(C)n2)nc(C2CC2)c1Br. The standard InChI is InChI=1S/C14H17BrN4S/c1-3-16-14-12(15)13(9-4-5-9)18-11(19-14)6-10-7-20-8(2)17-10/h7,9H,3-6H2,1-2H3,(H,16,18,19). The molecule has 2 heterocycles. The summed E-state index contributed by atoms with van der Waals surface area (Å²) in [4.78, 5) is 13.9. The van der Waals surface area contributed by atoms with Crippen molar-refractivity contribution in [1.82, 2.24) is 15.0 Å². The molecule has 1 fully saturated rings. The summed E-state index contributed by atoms with van der Waals surface area (Å²) in [5.41, 5.74) is 2.21. The lowest BCUT2D eigenvalue weighted by atomic mass is 10.2. The Morgan fingerprint density at radius 3 is 2.75 bits per heavy atom. The van der Waals surface area contributed by atoms with Gasteiger partial charge in [-0.1, -0.05) is 0 Å². The summed E-state index contributed by atoms with van der Waals surface area (Å²) in [6, 6.07) is 0. The Balaban J connectivity index is 1.93. The zero-order valence-corrected chi connectivity index (χ0v) is 14.0. The lowest BCUT2D eigenvalue weighted by Gasteiger charge is -2.11. The lowest BCUT2D eigenvalue weighted by molar-refractivity contribution is 0.876. The van der Waals surface area contributed by atoms with Gasteiger partial charge in [0.2, 0.25) is 0 Å². The van der Waals surface area contributed by atoms with Gasteiger partial charge in [-0.05, 0) is 42.6 Å². The molecule has 3 rings (SSSR count). The van der Waals surface area contributed by atoms with E-state index in [4.69, 9.17) is 4.98 Å². The highest BCUT2D eigenvalue weighted by atomic mass is 79.9. The van der Waals surface area contributed by atoms with Gasteiger partial charge in [0.25, 0.3) is 0 Å². The summed E-state index contributed by atoms with van der Waals surface area (Å²) in [6.07, 6.45) is 3.17. The Morgan fingerprint density at radius 2 is 2.15 bits per heavy atom. The van der Waals surface area contributed by atoms with Crippen LogP contribution in [-0.4, -0.2) is 21.5 Å². The summed E-state index contributed by atoms with van der Waals surface area (Å²) in [7, 11) is 0. The molecular formula is C14H17BrN4S. The first-order valence-electron chi connectivity index (χ1n) is 6.88. The second kappa shape index (κ2) is 5.77. The predicted octanol–water partition coefficient (Wildman–Crippen LogP) is 3.90. The fraction of sp³-hybridized carbons (Fsp3) is 0.500. The molecule has 1 N–H and O–H groups in total. The van der Waals surface area contributed by atoms with Crippen molar-refractivity contribution >= 4 is 33.1 Å². The summed E-state index contributed by atoms with van der Waals surface area (Å²) in [5, 5.41) is 6.49. The van der Waals surface area contributed by atoms with Crippen LogP contribution in [0.3, 0.4) is 0 Å². The first kappa shape index (κ1) is 13.9. The van der Waals surface area contributed by atoms with E-state index in [0.717, 1.165) is 39.1 Å². The van der Waals surface area contributed by atoms with Gasteiger partial charge in [0.1, 0.15) is 11.6 Å². The Morgan fingerprint density at radius 1 is 1.35 bits per heavy atom. The summed E-state index contributed by atoms with van der Waals surface area (Å²) in [6.45, 7) is 4.96. The lowest BCUT2D eigenvalue weighted by Crippen LogP contribution is -2.08. The van der Waals surface area contributed by atoms with Gasteiger partial charge in [0.05, 0.1) is 27.3 Å². The third-order valence-electron chi connectivity index (χ3n) is 3.24. The second-order valence-corrected chi connectivity index (χ2v) is 6.88. The zero-order chi connectivity index (χ0) is 14.1. The van der Waals surface area contributed by atoms with Crippen molar-refractivity contribution in [2.45, 2.75) is 39.0 Å². The first-order valence-corrected chi connectivity index (χ1v) is 8.55. The van der Waals surface area contributed by atoms with Crippen LogP contribution in [0.25, 0.3) is 0 Å². The molecule has 2 aromatic rings. The van der Waals surface area contributed by atoms with Crippen molar-refractivity contribution in [2.24, 2.45) is 0 Å². The predicted molar refractivity (Wildman–Crippen MR) is 85.5 cm³/mol. The molecule has 0 spiro atoms. The second-order valence-electron chi connectivity index (χ2n) is 5.03. The number of nitrogens with one attached hydrogen (secondary N) is 1. The van der Waals surface area contributed by atoms with Gasteiger partial charge in [0, 0.05) is 17.8 Å². The molecule has 1 aliphatic carbocycles. The maximum Gasteiger partial charge on any atom is 0.144 e. The third kappa shape index (κ3) is 3.01. The molecule has 0 radical (unpaired) electrons. The summed E-state index contributed by atoms with van der Waals surface area (Å²) >= 11 is 5.32. The fourth-order valence-corrected chi connectivity index (χ4v) is 3.41. The zero-order valence-electron chi connectivity index (χ0n) is 11.6. The molecule has 1 aliphatic rings. The first-order chi connectivity index (χ1) is 9.67. The number of hydrogen-bond acceptors (Lipinski definition) is 5. The van der Waals surface area contributed by atoms with Crippen LogP contribution < -0.4 is 5.32 Å². The molecule has 0 aromatic carbocycles. The number of thiazole rings is 1. The van der Waals surface area contributed by atoms with Gasteiger partial charge < -0.3 is 5.32 Å². The van der Waals surface area contributed by atoms with E-state index in [1.807, 2.05) is 6.92 Å². The van der Waals surface area contributed by atoms with E-state index in [0.29, 0.717) is 12.3 Å². The van der Waals surface area contributed by atoms with Crippen LogP contribution in [0.4, 0.5) is 5.82 Å². The normalized spacial score (nSPS) is 14.6. The van der Waals surface area contributed by atoms with E-state index in [9.17, 15) is 0 Å². The highest BCUT2D eigenvalue weighted by Gasteiger charge is 2.29. The summed E-state index contributed by atoms with van der Waals surface area (Å²) in [5.74, 6) is 2.36. The highest BCUT2D eigenvalue weighted by Crippen LogP contribution is 2.43. The Kier molecular flexibility index (Phi) is 4.03. The number of hydrogen-bond donors (Lipinski definition) is 1. The Hall–Kier alpha value is -1.01. The molecule has 106 valence electrons. The van der Waals surface area contributed by atoms with Crippen molar-refractivity contribution in [1.29, 1.82) is 0 Å². The largest absolute Gasteiger partial charge is 0.369 e. The quantitative estimate of drug-likeness (QED) is 0.886. The molecule has 0 unspecified atom stereocenters. The van der Waals surface area contributed by atoms with Crippen LogP contribution in [0, 0.1) is 6.92 Å². The average Bonchev–Trinajstić information content (AvgIpc) is 3.18. The van der Waals surface area contributed by atoms with Gasteiger partial charge in [-0.15, -0.1) is 11.3 Å². The minimum Gasteiger partial charge on any atom is -0.369 e. The third-order valence-corrected chi connectivity index (χ3v) is 4.84. The van der Waals surface area contributed by atoms with Crippen molar-refractivity contribution in [2.75, 3.05) is 11.9 Å². The fourth-order valence-electron chi connectivity index (χ4n) is 2.15. The van der Waals surface area contributed by atoms with Crippen molar-refractivity contribution in [3.8, 4) is 0 Å². The molecule has 0 atom stereocenters. The molecule has 1 saturated carbocycles. The molecule has 2 aromatic heterocycles. The number of aryl methyl sites for hydroxylation is 1. The van der Waals surface area contributed by atoms with Gasteiger partial charge in [-0.3, -0.25) is 0 Å². The smallest absolute Gasteiger partial charge is 0.144 e. The number of aromatic nitrogens is 3. The average molecular weight is 353 g/mol. The van der Waals surface area contributed by atoms with E-state index in [2.05, 4.69) is 43.5 Å². The van der Waals surface area contributed by atoms with Crippen LogP contribution in [0.2, 0.25) is 0 Å². The molecule has 0 bridgehead atoms. The number of halogens is 1. The number of anilines is 1. The molecule has 0 saturated heterocycles.